The van der Waals surface area contributed by atoms with Crippen molar-refractivity contribution in [2.75, 3.05) is 0 Å². The van der Waals surface area contributed by atoms with E-state index in [4.69, 9.17) is 27.3 Å². The summed E-state index contributed by atoms with van der Waals surface area (Å²) in [6.07, 6.45) is 1.42. The molecule has 0 radical (unpaired) electrons. The molecule has 2 aromatic rings. The van der Waals surface area contributed by atoms with Crippen molar-refractivity contribution in [2.24, 2.45) is 17.2 Å². The molecular formula is C15H15N5O2. The largest absolute Gasteiger partial charge is 0.439 e. The third-order valence-corrected chi connectivity index (χ3v) is 2.80. The number of hydrogen-bond donors (Lipinski definition) is 4. The van der Waals surface area contributed by atoms with Gasteiger partial charge in [0.15, 0.2) is 0 Å². The third-order valence-electron chi connectivity index (χ3n) is 2.80. The Labute approximate surface area is 126 Å². The van der Waals surface area contributed by atoms with Crippen LogP contribution in [-0.4, -0.2) is 16.7 Å². The van der Waals surface area contributed by atoms with Gasteiger partial charge < -0.3 is 21.9 Å². The van der Waals surface area contributed by atoms with E-state index in [0.717, 1.165) is 0 Å². The topological polar surface area (TPSA) is 141 Å². The van der Waals surface area contributed by atoms with Crippen molar-refractivity contribution in [3.05, 3.63) is 59.8 Å². The number of nitrogens with one attached hydrogen (secondary N) is 1. The van der Waals surface area contributed by atoms with Crippen molar-refractivity contribution in [3.8, 4) is 11.6 Å². The number of pyridine rings is 1. The molecule has 0 atom stereocenters. The Morgan fingerprint density at radius 3 is 2.23 bits per heavy atom. The Kier molecular flexibility index (Phi) is 4.38. The number of ether oxygens (including phenoxy) is 1. The van der Waals surface area contributed by atoms with Crippen molar-refractivity contribution >= 4 is 17.4 Å². The standard InChI is InChI=1S/C15H15N5O2/c16-13(12(14(17)18)15(19)21)9-6-7-11(20-8-9)22-10-4-2-1-3-5-10/h1-8H,16H2,(H3,17,18)(H2,19,21). The summed E-state index contributed by atoms with van der Waals surface area (Å²) in [4.78, 5) is 15.4. The molecule has 2 rings (SSSR count). The van der Waals surface area contributed by atoms with Crippen molar-refractivity contribution < 1.29 is 9.53 Å². The van der Waals surface area contributed by atoms with E-state index in [0.29, 0.717) is 17.2 Å². The van der Waals surface area contributed by atoms with Gasteiger partial charge in [0, 0.05) is 17.8 Å². The summed E-state index contributed by atoms with van der Waals surface area (Å²) in [5, 5.41) is 7.35. The predicted octanol–water partition coefficient (Wildman–Crippen LogP) is 0.965. The van der Waals surface area contributed by atoms with E-state index in [-0.39, 0.29) is 11.3 Å². The zero-order valence-electron chi connectivity index (χ0n) is 11.6. The molecule has 0 aliphatic heterocycles. The lowest BCUT2D eigenvalue weighted by molar-refractivity contribution is -0.114. The molecule has 1 heterocycles. The molecule has 0 spiro atoms. The van der Waals surface area contributed by atoms with Gasteiger partial charge in [-0.05, 0) is 18.2 Å². The molecule has 7 N–H and O–H groups in total. The highest BCUT2D eigenvalue weighted by Crippen LogP contribution is 2.20. The molecule has 0 saturated carbocycles. The molecule has 112 valence electrons. The molecular weight excluding hydrogens is 282 g/mol. The molecule has 7 heteroatoms. The van der Waals surface area contributed by atoms with Crippen LogP contribution in [0.1, 0.15) is 5.56 Å². The monoisotopic (exact) mass is 297 g/mol. The number of nitrogens with zero attached hydrogens (tertiary/aromatic N) is 1. The first-order chi connectivity index (χ1) is 10.5. The number of amidine groups is 1. The first-order valence-corrected chi connectivity index (χ1v) is 6.32. The lowest BCUT2D eigenvalue weighted by atomic mass is 10.1. The highest BCUT2D eigenvalue weighted by molar-refractivity contribution is 6.23. The number of carbonyl (C=O) groups excluding carboxylic acids is 1. The summed E-state index contributed by atoms with van der Waals surface area (Å²) in [6, 6.07) is 12.4. The maximum absolute atomic E-state index is 11.3. The number of amides is 1. The summed E-state index contributed by atoms with van der Waals surface area (Å²) >= 11 is 0. The Bertz CT molecular complexity index is 707. The minimum Gasteiger partial charge on any atom is -0.439 e. The van der Waals surface area contributed by atoms with Crippen LogP contribution < -0.4 is 21.9 Å². The number of rotatable bonds is 5. The SMILES string of the molecule is N=C(N)C(C(N)=O)=C(N)c1ccc(Oc2ccccc2)nc1. The van der Waals surface area contributed by atoms with Gasteiger partial charge in [0.2, 0.25) is 5.88 Å². The normalized spacial score (nSPS) is 11.5. The molecule has 1 aromatic carbocycles. The maximum Gasteiger partial charge on any atom is 0.254 e. The molecule has 0 bridgehead atoms. The number of nitrogens with two attached hydrogens (primary N) is 3. The van der Waals surface area contributed by atoms with Crippen LogP contribution in [0, 0.1) is 5.41 Å². The second-order valence-corrected chi connectivity index (χ2v) is 4.37. The van der Waals surface area contributed by atoms with Gasteiger partial charge in [0.05, 0.1) is 5.70 Å². The van der Waals surface area contributed by atoms with Gasteiger partial charge in [0.1, 0.15) is 17.2 Å². The summed E-state index contributed by atoms with van der Waals surface area (Å²) in [5.74, 6) is -0.344. The number of hydrogen-bond acceptors (Lipinski definition) is 5. The van der Waals surface area contributed by atoms with Gasteiger partial charge >= 0.3 is 0 Å². The van der Waals surface area contributed by atoms with Gasteiger partial charge in [-0.2, -0.15) is 0 Å². The van der Waals surface area contributed by atoms with Crippen LogP contribution in [0.4, 0.5) is 0 Å². The first kappa shape index (κ1) is 15.0. The van der Waals surface area contributed by atoms with Crippen molar-refractivity contribution in [3.63, 3.8) is 0 Å². The van der Waals surface area contributed by atoms with E-state index in [2.05, 4.69) is 4.98 Å². The van der Waals surface area contributed by atoms with E-state index in [9.17, 15) is 4.79 Å². The molecule has 0 aliphatic rings. The zero-order chi connectivity index (χ0) is 16.1. The molecule has 1 amide bonds. The molecule has 0 aliphatic carbocycles. The zero-order valence-corrected chi connectivity index (χ0v) is 11.6. The van der Waals surface area contributed by atoms with Crippen LogP contribution in [0.3, 0.4) is 0 Å². The molecule has 0 saturated heterocycles. The van der Waals surface area contributed by atoms with E-state index in [1.807, 2.05) is 18.2 Å². The Balaban J connectivity index is 2.27. The first-order valence-electron chi connectivity index (χ1n) is 6.32. The molecule has 22 heavy (non-hydrogen) atoms. The fourth-order valence-corrected chi connectivity index (χ4v) is 1.76. The molecule has 1 aromatic heterocycles. The van der Waals surface area contributed by atoms with Crippen LogP contribution in [0.5, 0.6) is 11.6 Å². The van der Waals surface area contributed by atoms with E-state index in [1.165, 1.54) is 6.20 Å². The van der Waals surface area contributed by atoms with E-state index in [1.54, 1.807) is 24.3 Å². The number of carbonyl (C=O) groups is 1. The summed E-state index contributed by atoms with van der Waals surface area (Å²) in [5.41, 5.74) is 16.5. The van der Waals surface area contributed by atoms with Crippen LogP contribution >= 0.6 is 0 Å². The van der Waals surface area contributed by atoms with Crippen molar-refractivity contribution in [1.29, 1.82) is 5.41 Å². The number of aromatic nitrogens is 1. The van der Waals surface area contributed by atoms with Gasteiger partial charge in [-0.25, -0.2) is 4.98 Å². The second kappa shape index (κ2) is 6.40. The van der Waals surface area contributed by atoms with Gasteiger partial charge in [0.25, 0.3) is 5.91 Å². The smallest absolute Gasteiger partial charge is 0.254 e. The van der Waals surface area contributed by atoms with Gasteiger partial charge in [-0.15, -0.1) is 0 Å². The number of primary amides is 1. The third kappa shape index (κ3) is 3.40. The highest BCUT2D eigenvalue weighted by Gasteiger charge is 2.15. The number of para-hydroxylation sites is 1. The average molecular weight is 297 g/mol. The maximum atomic E-state index is 11.3. The van der Waals surface area contributed by atoms with Crippen molar-refractivity contribution in [1.82, 2.24) is 4.98 Å². The molecule has 0 unspecified atom stereocenters. The summed E-state index contributed by atoms with van der Waals surface area (Å²) in [6.45, 7) is 0. The summed E-state index contributed by atoms with van der Waals surface area (Å²) < 4.78 is 5.54. The van der Waals surface area contributed by atoms with Crippen LogP contribution in [-0.2, 0) is 4.79 Å². The van der Waals surface area contributed by atoms with E-state index < -0.39 is 11.7 Å². The Morgan fingerprint density at radius 2 is 1.73 bits per heavy atom. The summed E-state index contributed by atoms with van der Waals surface area (Å²) in [7, 11) is 0. The lowest BCUT2D eigenvalue weighted by Crippen LogP contribution is -2.28. The van der Waals surface area contributed by atoms with Crippen LogP contribution in [0.25, 0.3) is 5.70 Å². The predicted molar refractivity (Wildman–Crippen MR) is 83.0 cm³/mol. The lowest BCUT2D eigenvalue weighted by Gasteiger charge is -2.09. The Morgan fingerprint density at radius 1 is 1.05 bits per heavy atom. The molecule has 7 nitrogen and oxygen atoms in total. The second-order valence-electron chi connectivity index (χ2n) is 4.37. The minimum atomic E-state index is -0.866. The van der Waals surface area contributed by atoms with Crippen LogP contribution in [0.2, 0.25) is 0 Å². The minimum absolute atomic E-state index is 0.00115. The van der Waals surface area contributed by atoms with E-state index >= 15 is 0 Å². The fourth-order valence-electron chi connectivity index (χ4n) is 1.76. The van der Waals surface area contributed by atoms with Gasteiger partial charge in [-0.3, -0.25) is 10.2 Å². The average Bonchev–Trinajstić information content (AvgIpc) is 2.48. The number of benzene rings is 1. The Hall–Kier alpha value is -3.35. The van der Waals surface area contributed by atoms with Crippen LogP contribution in [0.15, 0.2) is 54.2 Å². The van der Waals surface area contributed by atoms with Crippen molar-refractivity contribution in [2.45, 2.75) is 0 Å². The molecule has 0 fully saturated rings. The highest BCUT2D eigenvalue weighted by atomic mass is 16.5. The van der Waals surface area contributed by atoms with Gasteiger partial charge in [-0.1, -0.05) is 18.2 Å². The quantitative estimate of drug-likeness (QED) is 0.369. The fraction of sp³-hybridized carbons (Fsp3) is 0.